The van der Waals surface area contributed by atoms with Gasteiger partial charge in [-0.2, -0.15) is 0 Å². The van der Waals surface area contributed by atoms with E-state index in [2.05, 4.69) is 16.9 Å². The Morgan fingerprint density at radius 1 is 1.44 bits per heavy atom. The van der Waals surface area contributed by atoms with Crippen molar-refractivity contribution in [3.05, 3.63) is 34.9 Å². The van der Waals surface area contributed by atoms with Gasteiger partial charge in [-0.05, 0) is 36.5 Å². The van der Waals surface area contributed by atoms with E-state index in [0.29, 0.717) is 5.88 Å². The molecule has 1 aliphatic rings. The highest BCUT2D eigenvalue weighted by Gasteiger charge is 2.27. The molecule has 1 aromatic carbocycles. The standard InChI is InChI=1S/C12H15ClINO2S/c1-8(14)18(16,17)15-12-5-10-3-2-9(7-13)4-11(10)6-12/h2-4,8,12,15H,5-7H2,1H3/t8?,12-/m0/s1. The summed E-state index contributed by atoms with van der Waals surface area (Å²) >= 11 is 7.72. The molecule has 0 spiro atoms. The van der Waals surface area contributed by atoms with Gasteiger partial charge < -0.3 is 0 Å². The summed E-state index contributed by atoms with van der Waals surface area (Å²) in [5.74, 6) is 0.495. The van der Waals surface area contributed by atoms with Crippen LogP contribution in [-0.4, -0.2) is 17.7 Å². The molecule has 2 rings (SSSR count). The molecule has 100 valence electrons. The molecule has 2 atom stereocenters. The van der Waals surface area contributed by atoms with E-state index in [9.17, 15) is 8.42 Å². The minimum Gasteiger partial charge on any atom is -0.211 e. The number of rotatable bonds is 4. The van der Waals surface area contributed by atoms with Crippen molar-refractivity contribution in [1.29, 1.82) is 0 Å². The Balaban J connectivity index is 2.11. The van der Waals surface area contributed by atoms with Gasteiger partial charge in [0.2, 0.25) is 10.0 Å². The highest BCUT2D eigenvalue weighted by molar-refractivity contribution is 14.1. The van der Waals surface area contributed by atoms with Crippen LogP contribution in [0.5, 0.6) is 0 Å². The van der Waals surface area contributed by atoms with E-state index < -0.39 is 13.3 Å². The molecule has 3 nitrogen and oxygen atoms in total. The molecule has 0 bridgehead atoms. The highest BCUT2D eigenvalue weighted by atomic mass is 127. The van der Waals surface area contributed by atoms with E-state index in [-0.39, 0.29) is 6.04 Å². The van der Waals surface area contributed by atoms with E-state index >= 15 is 0 Å². The topological polar surface area (TPSA) is 46.2 Å². The number of nitrogens with one attached hydrogen (secondary N) is 1. The van der Waals surface area contributed by atoms with E-state index in [1.54, 1.807) is 6.92 Å². The zero-order valence-electron chi connectivity index (χ0n) is 9.99. The van der Waals surface area contributed by atoms with Crippen molar-refractivity contribution in [2.75, 3.05) is 0 Å². The van der Waals surface area contributed by atoms with Gasteiger partial charge in [-0.25, -0.2) is 13.1 Å². The monoisotopic (exact) mass is 399 g/mol. The largest absolute Gasteiger partial charge is 0.223 e. The molecule has 0 radical (unpaired) electrons. The first-order chi connectivity index (χ1) is 8.42. The van der Waals surface area contributed by atoms with Crippen molar-refractivity contribution in [2.24, 2.45) is 0 Å². The zero-order chi connectivity index (χ0) is 13.3. The lowest BCUT2D eigenvalue weighted by Crippen LogP contribution is -2.38. The summed E-state index contributed by atoms with van der Waals surface area (Å²) in [5.41, 5.74) is 3.51. The van der Waals surface area contributed by atoms with E-state index in [4.69, 9.17) is 11.6 Å². The Bertz CT molecular complexity index is 545. The van der Waals surface area contributed by atoms with Crippen molar-refractivity contribution in [1.82, 2.24) is 4.72 Å². The molecular formula is C12H15ClINO2S. The molecule has 0 aromatic heterocycles. The van der Waals surface area contributed by atoms with Gasteiger partial charge >= 0.3 is 0 Å². The number of fused-ring (bicyclic) bond motifs is 1. The van der Waals surface area contributed by atoms with E-state index in [1.807, 2.05) is 28.7 Å². The maximum absolute atomic E-state index is 11.8. The molecule has 0 amide bonds. The van der Waals surface area contributed by atoms with Crippen LogP contribution < -0.4 is 4.72 Å². The lowest BCUT2D eigenvalue weighted by molar-refractivity contribution is 0.555. The summed E-state index contributed by atoms with van der Waals surface area (Å²) in [5, 5.41) is 0. The van der Waals surface area contributed by atoms with Crippen molar-refractivity contribution < 1.29 is 8.42 Å². The van der Waals surface area contributed by atoms with Crippen LogP contribution in [0.25, 0.3) is 0 Å². The maximum atomic E-state index is 11.8. The predicted octanol–water partition coefficient (Wildman–Crippen LogP) is 2.59. The van der Waals surface area contributed by atoms with Gasteiger partial charge in [-0.15, -0.1) is 11.6 Å². The van der Waals surface area contributed by atoms with Crippen LogP contribution in [0.3, 0.4) is 0 Å². The van der Waals surface area contributed by atoms with Crippen molar-refractivity contribution in [3.63, 3.8) is 0 Å². The third kappa shape index (κ3) is 3.18. The lowest BCUT2D eigenvalue weighted by atomic mass is 10.1. The second kappa shape index (κ2) is 5.64. The fraction of sp³-hybridized carbons (Fsp3) is 0.500. The van der Waals surface area contributed by atoms with Crippen LogP contribution in [0.15, 0.2) is 18.2 Å². The van der Waals surface area contributed by atoms with Crippen LogP contribution in [0.1, 0.15) is 23.6 Å². The number of hydrogen-bond acceptors (Lipinski definition) is 2. The van der Waals surface area contributed by atoms with Gasteiger partial charge in [0, 0.05) is 11.9 Å². The highest BCUT2D eigenvalue weighted by Crippen LogP contribution is 2.25. The molecule has 1 aromatic rings. The van der Waals surface area contributed by atoms with Gasteiger partial charge in [0.15, 0.2) is 0 Å². The van der Waals surface area contributed by atoms with Gasteiger partial charge in [0.25, 0.3) is 0 Å². The van der Waals surface area contributed by atoms with Crippen molar-refractivity contribution >= 4 is 44.2 Å². The van der Waals surface area contributed by atoms with E-state index in [1.165, 1.54) is 11.1 Å². The van der Waals surface area contributed by atoms with Gasteiger partial charge in [0.05, 0.1) is 0 Å². The molecule has 1 aliphatic carbocycles. The normalized spacial score (nSPS) is 20.7. The summed E-state index contributed by atoms with van der Waals surface area (Å²) < 4.78 is 26.0. The Labute approximate surface area is 126 Å². The number of benzene rings is 1. The second-order valence-electron chi connectivity index (χ2n) is 4.55. The van der Waals surface area contributed by atoms with Gasteiger partial charge in [-0.3, -0.25) is 0 Å². The van der Waals surface area contributed by atoms with Crippen LogP contribution in [0.4, 0.5) is 0 Å². The fourth-order valence-electron chi connectivity index (χ4n) is 2.16. The molecule has 18 heavy (non-hydrogen) atoms. The van der Waals surface area contributed by atoms with Crippen molar-refractivity contribution in [3.8, 4) is 0 Å². The van der Waals surface area contributed by atoms with Crippen LogP contribution in [-0.2, 0) is 28.7 Å². The average molecular weight is 400 g/mol. The first kappa shape index (κ1) is 14.6. The average Bonchev–Trinajstić information content (AvgIpc) is 2.68. The third-order valence-electron chi connectivity index (χ3n) is 3.12. The van der Waals surface area contributed by atoms with Gasteiger partial charge in [0.1, 0.15) is 3.26 Å². The summed E-state index contributed by atoms with van der Waals surface area (Å²) in [6.45, 7) is 1.68. The molecule has 0 fully saturated rings. The molecule has 1 N–H and O–H groups in total. The first-order valence-corrected chi connectivity index (χ1v) is 9.07. The predicted molar refractivity (Wildman–Crippen MR) is 82.7 cm³/mol. The Hall–Kier alpha value is 0.150. The van der Waals surface area contributed by atoms with Crippen molar-refractivity contribution in [2.45, 2.75) is 34.9 Å². The molecule has 0 aliphatic heterocycles. The third-order valence-corrected chi connectivity index (χ3v) is 6.95. The molecule has 0 heterocycles. The number of alkyl halides is 2. The molecule has 6 heteroatoms. The quantitative estimate of drug-likeness (QED) is 0.625. The Morgan fingerprint density at radius 2 is 2.11 bits per heavy atom. The zero-order valence-corrected chi connectivity index (χ0v) is 13.7. The summed E-state index contributed by atoms with van der Waals surface area (Å²) in [6.07, 6.45) is 1.52. The van der Waals surface area contributed by atoms with E-state index in [0.717, 1.165) is 18.4 Å². The van der Waals surface area contributed by atoms with Gasteiger partial charge in [-0.1, -0.05) is 40.8 Å². The second-order valence-corrected chi connectivity index (χ2v) is 9.56. The fourth-order valence-corrected chi connectivity index (χ4v) is 3.59. The first-order valence-electron chi connectivity index (χ1n) is 5.74. The smallest absolute Gasteiger partial charge is 0.211 e. The number of hydrogen-bond donors (Lipinski definition) is 1. The number of sulfonamides is 1. The summed E-state index contributed by atoms with van der Waals surface area (Å²) in [4.78, 5) is 0. The molecule has 0 saturated heterocycles. The molecule has 1 unspecified atom stereocenters. The molecule has 0 saturated carbocycles. The minimum absolute atomic E-state index is 0.0206. The Morgan fingerprint density at radius 3 is 2.72 bits per heavy atom. The minimum atomic E-state index is -3.20. The Kier molecular flexibility index (Phi) is 4.57. The van der Waals surface area contributed by atoms with Crippen LogP contribution in [0, 0.1) is 0 Å². The van der Waals surface area contributed by atoms with Crippen LogP contribution >= 0.6 is 34.2 Å². The SMILES string of the molecule is CC(I)S(=O)(=O)N[C@H]1Cc2ccc(CCl)cc2C1. The lowest BCUT2D eigenvalue weighted by Gasteiger charge is -2.13. The summed E-state index contributed by atoms with van der Waals surface area (Å²) in [7, 11) is -3.20. The number of halogens is 2. The summed E-state index contributed by atoms with van der Waals surface area (Å²) in [6, 6.07) is 6.11. The maximum Gasteiger partial charge on any atom is 0.223 e. The molecular weight excluding hydrogens is 385 g/mol. The van der Waals surface area contributed by atoms with Crippen LogP contribution in [0.2, 0.25) is 0 Å².